The lowest BCUT2D eigenvalue weighted by Gasteiger charge is -2.28. The van der Waals surface area contributed by atoms with Gasteiger partial charge in [0.1, 0.15) is 0 Å². The quantitative estimate of drug-likeness (QED) is 0.622. The zero-order valence-corrected chi connectivity index (χ0v) is 10.2. The number of hydrogen-bond acceptors (Lipinski definition) is 2. The highest BCUT2D eigenvalue weighted by Crippen LogP contribution is 2.42. The molecule has 0 aliphatic rings. The Morgan fingerprint density at radius 2 is 1.67 bits per heavy atom. The Morgan fingerprint density at radius 1 is 1.33 bits per heavy atom. The first-order valence-corrected chi connectivity index (χ1v) is 5.77. The van der Waals surface area contributed by atoms with Crippen LogP contribution in [0.15, 0.2) is 0 Å². The van der Waals surface area contributed by atoms with Crippen molar-refractivity contribution >= 4 is 24.2 Å². The molecule has 1 atom stereocenters. The molecule has 1 unspecified atom stereocenters. The summed E-state index contributed by atoms with van der Waals surface area (Å²) in [5, 5.41) is 0. The Bertz CT molecular complexity index is 162. The summed E-state index contributed by atoms with van der Waals surface area (Å²) in [5.74, 6) is 0.284. The smallest absolute Gasteiger partial charge is 0.133 e. The van der Waals surface area contributed by atoms with Crippen molar-refractivity contribution in [2.24, 2.45) is 11.8 Å². The molecule has 12 heavy (non-hydrogen) atoms. The van der Waals surface area contributed by atoms with Crippen LogP contribution in [0.4, 0.5) is 0 Å². The van der Waals surface area contributed by atoms with Crippen molar-refractivity contribution in [3.05, 3.63) is 0 Å². The molecule has 0 fully saturated rings. The van der Waals surface area contributed by atoms with Crippen molar-refractivity contribution in [1.29, 1.82) is 0 Å². The van der Waals surface area contributed by atoms with Gasteiger partial charge in [0.15, 0.2) is 4.51 Å². The molecule has 0 aromatic heterocycles. The van der Waals surface area contributed by atoms with Gasteiger partial charge in [-0.3, -0.25) is 0 Å². The Labute approximate surface area is 82.6 Å². The minimum atomic E-state index is -2.55. The molecule has 0 aliphatic heterocycles. The van der Waals surface area contributed by atoms with E-state index in [-0.39, 0.29) is 11.8 Å². The molecule has 1 N–H and O–H groups in total. The van der Waals surface area contributed by atoms with Gasteiger partial charge in [-0.2, -0.15) is 0 Å². The first-order valence-electron chi connectivity index (χ1n) is 3.85. The average molecular weight is 258 g/mol. The molecule has 0 saturated carbocycles. The molecule has 0 heterocycles. The lowest BCUT2D eigenvalue weighted by atomic mass is 9.96. The van der Waals surface area contributed by atoms with Crippen molar-refractivity contribution in [1.82, 2.24) is 0 Å². The zero-order valence-electron chi connectivity index (χ0n) is 7.74. The van der Waals surface area contributed by atoms with Gasteiger partial charge in [-0.05, 0) is 27.8 Å². The third kappa shape index (κ3) is 3.09. The van der Waals surface area contributed by atoms with E-state index >= 15 is 0 Å². The molecule has 0 aromatic carbocycles. The summed E-state index contributed by atoms with van der Waals surface area (Å²) in [6.45, 7) is 7.75. The second-order valence-electron chi connectivity index (χ2n) is 3.34. The maximum Gasteiger partial charge on any atom is 0.696 e. The average Bonchev–Trinajstić information content (AvgIpc) is 1.84. The zero-order chi connectivity index (χ0) is 9.94. The fourth-order valence-electron chi connectivity index (χ4n) is 0.997. The van der Waals surface area contributed by atoms with Gasteiger partial charge in [-0.25, -0.2) is 0 Å². The van der Waals surface area contributed by atoms with Gasteiger partial charge in [-0.1, -0.05) is 27.7 Å². The van der Waals surface area contributed by atoms with Crippen LogP contribution >= 0.6 is 24.2 Å². The van der Waals surface area contributed by atoms with E-state index in [1.54, 1.807) is 0 Å². The minimum Gasteiger partial charge on any atom is -0.133 e. The van der Waals surface area contributed by atoms with Crippen LogP contribution in [-0.2, 0) is 9.09 Å². The van der Waals surface area contributed by atoms with Crippen LogP contribution in [0.1, 0.15) is 27.7 Å². The van der Waals surface area contributed by atoms with Gasteiger partial charge in [-0.15, -0.1) is 9.42 Å². The Morgan fingerprint density at radius 3 is 1.75 bits per heavy atom. The largest absolute Gasteiger partial charge is 0.696 e. The third-order valence-electron chi connectivity index (χ3n) is 1.79. The van der Waals surface area contributed by atoms with Crippen molar-refractivity contribution < 1.29 is 14.0 Å². The van der Waals surface area contributed by atoms with E-state index in [4.69, 9.17) is 9.42 Å². The molecule has 0 spiro atoms. The molecule has 0 radical (unpaired) electrons. The summed E-state index contributed by atoms with van der Waals surface area (Å²) >= 11 is 3.35. The van der Waals surface area contributed by atoms with Gasteiger partial charge in [0.05, 0.1) is 0 Å². The van der Waals surface area contributed by atoms with Gasteiger partial charge in [0.2, 0.25) is 0 Å². The minimum absolute atomic E-state index is 0.142. The lowest BCUT2D eigenvalue weighted by molar-refractivity contribution is 0.0723. The number of halogens is 1. The van der Waals surface area contributed by atoms with E-state index in [1.165, 1.54) is 0 Å². The lowest BCUT2D eigenvalue weighted by Crippen LogP contribution is -2.35. The highest BCUT2D eigenvalue weighted by molar-refractivity contribution is 9.10. The molecule has 0 aromatic rings. The van der Waals surface area contributed by atoms with E-state index in [0.717, 1.165) is 0 Å². The maximum absolute atomic E-state index is 10.5. The number of alkyl halides is 1. The Balaban J connectivity index is 4.51. The predicted octanol–water partition coefficient (Wildman–Crippen LogP) is 3.06. The van der Waals surface area contributed by atoms with Gasteiger partial charge in [0, 0.05) is 4.57 Å². The molecule has 3 nitrogen and oxygen atoms in total. The highest BCUT2D eigenvalue weighted by Gasteiger charge is 2.43. The molecular weight excluding hydrogens is 243 g/mol. The Hall–Kier alpha value is 0.500. The van der Waals surface area contributed by atoms with E-state index < -0.39 is 12.8 Å². The van der Waals surface area contributed by atoms with Crippen LogP contribution in [0.5, 0.6) is 0 Å². The van der Waals surface area contributed by atoms with E-state index in [2.05, 4.69) is 15.9 Å². The molecule has 5 heteroatoms. The van der Waals surface area contributed by atoms with Crippen LogP contribution in [0.25, 0.3) is 0 Å². The van der Waals surface area contributed by atoms with Crippen LogP contribution < -0.4 is 0 Å². The first-order chi connectivity index (χ1) is 5.30. The standard InChI is InChI=1S/C7H14BrO3P/c1-5(2)7(8,6(3)4)11-12(9)10/h5-6H,1-4H3/p+1. The SMILES string of the molecule is CC(C)C(Br)(O[P+](=O)O)C(C)C. The molecule has 0 saturated heterocycles. The summed E-state index contributed by atoms with van der Waals surface area (Å²) in [6.07, 6.45) is 0. The van der Waals surface area contributed by atoms with E-state index in [9.17, 15) is 4.57 Å². The summed E-state index contributed by atoms with van der Waals surface area (Å²) in [4.78, 5) is 8.64. The van der Waals surface area contributed by atoms with Gasteiger partial charge >= 0.3 is 8.25 Å². The van der Waals surface area contributed by atoms with E-state index in [1.807, 2.05) is 27.7 Å². The van der Waals surface area contributed by atoms with Gasteiger partial charge in [0.25, 0.3) is 0 Å². The first kappa shape index (κ1) is 12.5. The van der Waals surface area contributed by atoms with Crippen LogP contribution in [0.2, 0.25) is 0 Å². The maximum atomic E-state index is 10.5. The third-order valence-corrected chi connectivity index (χ3v) is 4.49. The molecular formula is C7H15BrO3P+. The highest BCUT2D eigenvalue weighted by atomic mass is 79.9. The van der Waals surface area contributed by atoms with Crippen LogP contribution in [0, 0.1) is 11.8 Å². The van der Waals surface area contributed by atoms with Gasteiger partial charge < -0.3 is 0 Å². The molecule has 0 aliphatic carbocycles. The monoisotopic (exact) mass is 257 g/mol. The van der Waals surface area contributed by atoms with Crippen molar-refractivity contribution in [3.63, 3.8) is 0 Å². The van der Waals surface area contributed by atoms with E-state index in [0.29, 0.717) is 0 Å². The molecule has 72 valence electrons. The molecule has 0 bridgehead atoms. The molecule has 0 rings (SSSR count). The molecule has 0 amide bonds. The Kier molecular flexibility index (Phi) is 4.85. The van der Waals surface area contributed by atoms with Crippen molar-refractivity contribution in [2.75, 3.05) is 0 Å². The van der Waals surface area contributed by atoms with Crippen molar-refractivity contribution in [3.8, 4) is 0 Å². The number of hydrogen-bond donors (Lipinski definition) is 1. The van der Waals surface area contributed by atoms with Crippen LogP contribution in [-0.4, -0.2) is 9.40 Å². The van der Waals surface area contributed by atoms with Crippen LogP contribution in [0.3, 0.4) is 0 Å². The van der Waals surface area contributed by atoms with Crippen molar-refractivity contribution in [2.45, 2.75) is 32.2 Å². The predicted molar refractivity (Wildman–Crippen MR) is 52.2 cm³/mol. The summed E-state index contributed by atoms with van der Waals surface area (Å²) in [5.41, 5.74) is 0. The fraction of sp³-hybridized carbons (Fsp3) is 1.00. The summed E-state index contributed by atoms with van der Waals surface area (Å²) in [7, 11) is -2.55. The summed E-state index contributed by atoms with van der Waals surface area (Å²) in [6, 6.07) is 0. The normalized spacial score (nSPS) is 14.2. The topological polar surface area (TPSA) is 46.5 Å². The number of rotatable bonds is 4. The fourth-order valence-corrected chi connectivity index (χ4v) is 2.03. The second kappa shape index (κ2) is 4.66. The second-order valence-corrected chi connectivity index (χ2v) is 5.23. The summed E-state index contributed by atoms with van der Waals surface area (Å²) < 4.78 is 14.8.